The molecule has 1 aliphatic carbocycles. The van der Waals surface area contributed by atoms with Crippen molar-refractivity contribution in [1.29, 1.82) is 0 Å². The van der Waals surface area contributed by atoms with Gasteiger partial charge in [0.1, 0.15) is 11.9 Å². The van der Waals surface area contributed by atoms with E-state index in [9.17, 15) is 0 Å². The molecule has 1 saturated carbocycles. The van der Waals surface area contributed by atoms with Crippen LogP contribution in [0.3, 0.4) is 0 Å². The van der Waals surface area contributed by atoms with Crippen molar-refractivity contribution in [2.75, 3.05) is 0 Å². The van der Waals surface area contributed by atoms with Gasteiger partial charge in [-0.2, -0.15) is 0 Å². The Balaban J connectivity index is 2.02. The topological polar surface area (TPSA) is 35.2 Å². The molecule has 0 aliphatic heterocycles. The molecule has 82 valence electrons. The summed E-state index contributed by atoms with van der Waals surface area (Å²) >= 11 is 3.40. The first kappa shape index (κ1) is 11.0. The monoisotopic (exact) mass is 269 g/mol. The molecule has 2 unspecified atom stereocenters. The number of halogens is 1. The third kappa shape index (κ3) is 2.04. The highest BCUT2D eigenvalue weighted by Crippen LogP contribution is 2.41. The molecule has 0 radical (unpaired) electrons. The lowest BCUT2D eigenvalue weighted by Gasteiger charge is -2.49. The highest BCUT2D eigenvalue weighted by molar-refractivity contribution is 9.10. The van der Waals surface area contributed by atoms with E-state index in [1.54, 1.807) is 0 Å². The van der Waals surface area contributed by atoms with Gasteiger partial charge in [0, 0.05) is 22.4 Å². The highest BCUT2D eigenvalue weighted by Gasteiger charge is 2.47. The molecular weight excluding hydrogens is 254 g/mol. The number of nitrogens with two attached hydrogens (primary N) is 1. The van der Waals surface area contributed by atoms with Crippen molar-refractivity contribution in [1.82, 2.24) is 0 Å². The average Bonchev–Trinajstić information content (AvgIpc) is 2.21. The van der Waals surface area contributed by atoms with Gasteiger partial charge in [-0.25, -0.2) is 0 Å². The lowest BCUT2D eigenvalue weighted by atomic mass is 9.65. The fourth-order valence-electron chi connectivity index (χ4n) is 1.79. The maximum Gasteiger partial charge on any atom is 0.119 e. The van der Waals surface area contributed by atoms with Crippen LogP contribution in [0.15, 0.2) is 28.7 Å². The standard InChI is InChI=1S/C12H16BrNO/c1-12(2)10(14)7-11(12)15-9-5-3-8(13)4-6-9/h3-6,10-11H,7,14H2,1-2H3. The average molecular weight is 270 g/mol. The molecule has 3 heteroatoms. The summed E-state index contributed by atoms with van der Waals surface area (Å²) in [6.07, 6.45) is 1.19. The normalized spacial score (nSPS) is 28.3. The van der Waals surface area contributed by atoms with Crippen molar-refractivity contribution >= 4 is 15.9 Å². The zero-order chi connectivity index (χ0) is 11.1. The molecule has 0 saturated heterocycles. The Labute approximate surface area is 98.9 Å². The summed E-state index contributed by atoms with van der Waals surface area (Å²) in [5.41, 5.74) is 6.03. The Morgan fingerprint density at radius 3 is 2.40 bits per heavy atom. The van der Waals surface area contributed by atoms with Gasteiger partial charge in [-0.3, -0.25) is 0 Å². The van der Waals surface area contributed by atoms with E-state index in [-0.39, 0.29) is 17.6 Å². The van der Waals surface area contributed by atoms with Gasteiger partial charge in [0.15, 0.2) is 0 Å². The zero-order valence-electron chi connectivity index (χ0n) is 9.03. The van der Waals surface area contributed by atoms with Crippen LogP contribution in [0.5, 0.6) is 5.75 Å². The number of rotatable bonds is 2. The Kier molecular flexibility index (Phi) is 2.77. The second-order valence-corrected chi connectivity index (χ2v) is 5.64. The lowest BCUT2D eigenvalue weighted by molar-refractivity contribution is -0.0399. The van der Waals surface area contributed by atoms with Crippen LogP contribution in [-0.2, 0) is 0 Å². The first-order valence-electron chi connectivity index (χ1n) is 5.18. The number of hydrogen-bond acceptors (Lipinski definition) is 2. The van der Waals surface area contributed by atoms with E-state index in [4.69, 9.17) is 10.5 Å². The molecule has 0 bridgehead atoms. The predicted octanol–water partition coefficient (Wildman–Crippen LogP) is 2.95. The third-order valence-corrected chi connectivity index (χ3v) is 3.87. The Bertz CT molecular complexity index is 347. The highest BCUT2D eigenvalue weighted by atomic mass is 79.9. The van der Waals surface area contributed by atoms with Crippen molar-refractivity contribution in [3.05, 3.63) is 28.7 Å². The van der Waals surface area contributed by atoms with Gasteiger partial charge in [-0.15, -0.1) is 0 Å². The molecule has 15 heavy (non-hydrogen) atoms. The molecule has 0 amide bonds. The molecule has 1 fully saturated rings. The first-order valence-corrected chi connectivity index (χ1v) is 5.97. The fourth-order valence-corrected chi connectivity index (χ4v) is 2.06. The van der Waals surface area contributed by atoms with Gasteiger partial charge in [-0.05, 0) is 24.3 Å². The number of benzene rings is 1. The molecule has 2 atom stereocenters. The minimum Gasteiger partial charge on any atom is -0.490 e. The minimum absolute atomic E-state index is 0.0904. The molecule has 0 aromatic heterocycles. The summed E-state index contributed by atoms with van der Waals surface area (Å²) in [6.45, 7) is 4.31. The largest absolute Gasteiger partial charge is 0.490 e. The van der Waals surface area contributed by atoms with Gasteiger partial charge in [0.25, 0.3) is 0 Å². The van der Waals surface area contributed by atoms with E-state index in [1.165, 1.54) is 0 Å². The minimum atomic E-state index is 0.0904. The fraction of sp³-hybridized carbons (Fsp3) is 0.500. The van der Waals surface area contributed by atoms with Crippen molar-refractivity contribution in [2.45, 2.75) is 32.4 Å². The summed E-state index contributed by atoms with van der Waals surface area (Å²) in [6, 6.07) is 8.19. The summed E-state index contributed by atoms with van der Waals surface area (Å²) in [5, 5.41) is 0. The van der Waals surface area contributed by atoms with E-state index in [0.717, 1.165) is 16.6 Å². The maximum absolute atomic E-state index is 5.94. The zero-order valence-corrected chi connectivity index (χ0v) is 10.6. The summed E-state index contributed by atoms with van der Waals surface area (Å²) < 4.78 is 6.96. The maximum atomic E-state index is 5.94. The molecule has 2 N–H and O–H groups in total. The summed E-state index contributed by atoms with van der Waals surface area (Å²) in [7, 11) is 0. The van der Waals surface area contributed by atoms with Crippen LogP contribution in [0.1, 0.15) is 20.3 Å². The molecule has 0 heterocycles. The summed E-state index contributed by atoms with van der Waals surface area (Å²) in [4.78, 5) is 0. The van der Waals surface area contributed by atoms with Crippen LogP contribution in [0.2, 0.25) is 0 Å². The van der Waals surface area contributed by atoms with Gasteiger partial charge >= 0.3 is 0 Å². The third-order valence-electron chi connectivity index (χ3n) is 3.35. The number of ether oxygens (including phenoxy) is 1. The molecule has 2 rings (SSSR count). The Morgan fingerprint density at radius 1 is 1.33 bits per heavy atom. The second kappa shape index (κ2) is 3.80. The van der Waals surface area contributed by atoms with Gasteiger partial charge in [0.2, 0.25) is 0 Å². The molecule has 1 aromatic carbocycles. The van der Waals surface area contributed by atoms with Crippen LogP contribution < -0.4 is 10.5 Å². The predicted molar refractivity (Wildman–Crippen MR) is 64.9 cm³/mol. The van der Waals surface area contributed by atoms with Crippen molar-refractivity contribution in [2.24, 2.45) is 11.1 Å². The lowest BCUT2D eigenvalue weighted by Crippen LogP contribution is -2.60. The van der Waals surface area contributed by atoms with E-state index >= 15 is 0 Å². The molecular formula is C12H16BrNO. The quantitative estimate of drug-likeness (QED) is 0.896. The molecule has 0 spiro atoms. The van der Waals surface area contributed by atoms with Crippen LogP contribution in [0, 0.1) is 5.41 Å². The van der Waals surface area contributed by atoms with Crippen molar-refractivity contribution in [3.8, 4) is 5.75 Å². The van der Waals surface area contributed by atoms with E-state index in [2.05, 4.69) is 29.8 Å². The van der Waals surface area contributed by atoms with E-state index in [1.807, 2.05) is 24.3 Å². The molecule has 1 aliphatic rings. The summed E-state index contributed by atoms with van der Waals surface area (Å²) in [5.74, 6) is 0.920. The van der Waals surface area contributed by atoms with Gasteiger partial charge < -0.3 is 10.5 Å². The van der Waals surface area contributed by atoms with Crippen LogP contribution in [-0.4, -0.2) is 12.1 Å². The van der Waals surface area contributed by atoms with Crippen LogP contribution in [0.25, 0.3) is 0 Å². The van der Waals surface area contributed by atoms with E-state index < -0.39 is 0 Å². The van der Waals surface area contributed by atoms with Crippen LogP contribution in [0.4, 0.5) is 0 Å². The Hall–Kier alpha value is -0.540. The second-order valence-electron chi connectivity index (χ2n) is 4.72. The number of hydrogen-bond donors (Lipinski definition) is 1. The molecule has 2 nitrogen and oxygen atoms in total. The van der Waals surface area contributed by atoms with Crippen molar-refractivity contribution in [3.63, 3.8) is 0 Å². The molecule has 1 aromatic rings. The van der Waals surface area contributed by atoms with E-state index in [0.29, 0.717) is 0 Å². The van der Waals surface area contributed by atoms with Gasteiger partial charge in [-0.1, -0.05) is 29.8 Å². The van der Waals surface area contributed by atoms with Crippen molar-refractivity contribution < 1.29 is 4.74 Å². The Morgan fingerprint density at radius 2 is 1.93 bits per heavy atom. The first-order chi connectivity index (χ1) is 7.00. The van der Waals surface area contributed by atoms with Gasteiger partial charge in [0.05, 0.1) is 0 Å². The van der Waals surface area contributed by atoms with Crippen LogP contribution >= 0.6 is 15.9 Å². The SMILES string of the molecule is CC1(C)C(N)CC1Oc1ccc(Br)cc1. The smallest absolute Gasteiger partial charge is 0.119 e.